The molecule has 0 saturated carbocycles. The van der Waals surface area contributed by atoms with Crippen molar-refractivity contribution in [3.63, 3.8) is 0 Å². The zero-order valence-electron chi connectivity index (χ0n) is 22.2. The van der Waals surface area contributed by atoms with Crippen molar-refractivity contribution >= 4 is 55.1 Å². The van der Waals surface area contributed by atoms with E-state index >= 15 is 0 Å². The van der Waals surface area contributed by atoms with E-state index in [1.165, 1.54) is 4.90 Å². The van der Waals surface area contributed by atoms with Crippen LogP contribution in [-0.4, -0.2) is 50.0 Å². The van der Waals surface area contributed by atoms with E-state index in [4.69, 9.17) is 11.6 Å². The first-order chi connectivity index (χ1) is 18.5. The molecule has 10 heteroatoms. The monoisotopic (exact) mass is 633 g/mol. The second kappa shape index (κ2) is 14.0. The first-order valence-corrected chi connectivity index (χ1v) is 15.6. The minimum absolute atomic E-state index is 0.101. The molecule has 0 unspecified atom stereocenters. The molecule has 0 aromatic heterocycles. The summed E-state index contributed by atoms with van der Waals surface area (Å²) in [4.78, 5) is 29.1. The van der Waals surface area contributed by atoms with Gasteiger partial charge in [0.25, 0.3) is 0 Å². The molecule has 208 valence electrons. The van der Waals surface area contributed by atoms with Gasteiger partial charge in [-0.2, -0.15) is 0 Å². The Morgan fingerprint density at radius 1 is 0.949 bits per heavy atom. The summed E-state index contributed by atoms with van der Waals surface area (Å²) in [6.45, 7) is 3.47. The number of anilines is 1. The third-order valence-corrected chi connectivity index (χ3v) is 8.31. The molecule has 0 saturated heterocycles. The summed E-state index contributed by atoms with van der Waals surface area (Å²) < 4.78 is 27.5. The molecule has 7 nitrogen and oxygen atoms in total. The first-order valence-electron chi connectivity index (χ1n) is 12.6. The molecule has 0 aliphatic carbocycles. The maximum Gasteiger partial charge on any atom is 0.244 e. The minimum Gasteiger partial charge on any atom is -0.352 e. The third-order valence-electron chi connectivity index (χ3n) is 6.34. The Kier molecular flexibility index (Phi) is 11.0. The van der Waals surface area contributed by atoms with E-state index in [2.05, 4.69) is 21.2 Å². The number of hydrogen-bond acceptors (Lipinski definition) is 4. The van der Waals surface area contributed by atoms with Crippen molar-refractivity contribution < 1.29 is 18.0 Å². The molecule has 0 fully saturated rings. The number of amides is 2. The van der Waals surface area contributed by atoms with Crippen molar-refractivity contribution in [2.45, 2.75) is 45.3 Å². The Hall–Kier alpha value is -2.88. The van der Waals surface area contributed by atoms with Gasteiger partial charge in [-0.05, 0) is 48.7 Å². The second-order valence-electron chi connectivity index (χ2n) is 9.39. The molecular formula is C29H33BrClN3O4S. The highest BCUT2D eigenvalue weighted by Crippen LogP contribution is 2.28. The van der Waals surface area contributed by atoms with E-state index in [-0.39, 0.29) is 35.6 Å². The highest BCUT2D eigenvalue weighted by molar-refractivity contribution is 9.10. The lowest BCUT2D eigenvalue weighted by Gasteiger charge is -2.34. The average Bonchev–Trinajstić information content (AvgIpc) is 2.90. The number of nitrogens with one attached hydrogen (secondary N) is 1. The fourth-order valence-corrected chi connectivity index (χ4v) is 5.44. The summed E-state index contributed by atoms with van der Waals surface area (Å²) in [7, 11) is -3.88. The fourth-order valence-electron chi connectivity index (χ4n) is 4.03. The Morgan fingerprint density at radius 2 is 1.56 bits per heavy atom. The van der Waals surface area contributed by atoms with Crippen molar-refractivity contribution in [1.29, 1.82) is 0 Å². The standard InChI is InChI=1S/C29H33BrClN3O4S/c1-4-21(2)32-29(36)27(18-22-10-6-5-7-11-22)33(19-23-14-16-24(30)17-15-23)28(35)20-34(39(3,37)38)26-13-9-8-12-25(26)31/h5-17,21,27H,4,18-20H2,1-3H3,(H,32,36)/t21-,27-/m0/s1. The number of halogens is 2. The molecule has 39 heavy (non-hydrogen) atoms. The van der Waals surface area contributed by atoms with E-state index in [0.717, 1.165) is 32.6 Å². The van der Waals surface area contributed by atoms with Gasteiger partial charge in [-0.1, -0.05) is 89.1 Å². The zero-order chi connectivity index (χ0) is 28.6. The number of carbonyl (C=O) groups is 2. The fraction of sp³-hybridized carbons (Fsp3) is 0.310. The summed E-state index contributed by atoms with van der Waals surface area (Å²) in [5.41, 5.74) is 1.87. The van der Waals surface area contributed by atoms with Crippen molar-refractivity contribution in [3.8, 4) is 0 Å². The van der Waals surface area contributed by atoms with Gasteiger partial charge in [-0.25, -0.2) is 8.42 Å². The molecule has 0 spiro atoms. The minimum atomic E-state index is -3.88. The van der Waals surface area contributed by atoms with Gasteiger partial charge >= 0.3 is 0 Å². The highest BCUT2D eigenvalue weighted by Gasteiger charge is 2.33. The van der Waals surface area contributed by atoms with Crippen molar-refractivity contribution in [2.75, 3.05) is 17.1 Å². The number of nitrogens with zero attached hydrogens (tertiary/aromatic N) is 2. The van der Waals surface area contributed by atoms with E-state index < -0.39 is 28.5 Å². The van der Waals surface area contributed by atoms with E-state index in [1.807, 2.05) is 68.4 Å². The molecule has 0 aliphatic heterocycles. The topological polar surface area (TPSA) is 86.8 Å². The average molecular weight is 635 g/mol. The van der Waals surface area contributed by atoms with Crippen LogP contribution in [0.1, 0.15) is 31.4 Å². The molecule has 0 heterocycles. The van der Waals surface area contributed by atoms with Crippen LogP contribution in [0.4, 0.5) is 5.69 Å². The molecule has 1 N–H and O–H groups in total. The summed E-state index contributed by atoms with van der Waals surface area (Å²) in [5.74, 6) is -0.828. The molecule has 3 aromatic carbocycles. The SMILES string of the molecule is CC[C@H](C)NC(=O)[C@H](Cc1ccccc1)N(Cc1ccc(Br)cc1)C(=O)CN(c1ccccc1Cl)S(C)(=O)=O. The maximum absolute atomic E-state index is 14.0. The smallest absolute Gasteiger partial charge is 0.244 e. The first kappa shape index (κ1) is 30.7. The Balaban J connectivity index is 2.06. The Labute approximate surface area is 244 Å². The second-order valence-corrected chi connectivity index (χ2v) is 12.6. The largest absolute Gasteiger partial charge is 0.352 e. The van der Waals surface area contributed by atoms with Crippen LogP contribution in [0.15, 0.2) is 83.3 Å². The third kappa shape index (κ3) is 8.81. The van der Waals surface area contributed by atoms with Crippen molar-refractivity contribution in [3.05, 3.63) is 99.5 Å². The lowest BCUT2D eigenvalue weighted by Crippen LogP contribution is -2.54. The molecule has 3 aromatic rings. The molecular weight excluding hydrogens is 602 g/mol. The number of carbonyl (C=O) groups excluding carboxylic acids is 2. The normalized spacial score (nSPS) is 12.8. The van der Waals surface area contributed by atoms with E-state index in [9.17, 15) is 18.0 Å². The van der Waals surface area contributed by atoms with Gasteiger partial charge in [0.2, 0.25) is 21.8 Å². The molecule has 3 rings (SSSR count). The molecule has 0 aliphatic rings. The quantitative estimate of drug-likeness (QED) is 0.288. The van der Waals surface area contributed by atoms with Gasteiger partial charge in [-0.3, -0.25) is 13.9 Å². The number of rotatable bonds is 12. The lowest BCUT2D eigenvalue weighted by molar-refractivity contribution is -0.140. The Morgan fingerprint density at radius 3 is 2.15 bits per heavy atom. The van der Waals surface area contributed by atoms with E-state index in [1.54, 1.807) is 24.3 Å². The summed E-state index contributed by atoms with van der Waals surface area (Å²) in [6.07, 6.45) is 2.01. The van der Waals surface area contributed by atoms with Gasteiger partial charge in [0, 0.05) is 23.5 Å². The summed E-state index contributed by atoms with van der Waals surface area (Å²) in [6, 6.07) is 22.3. The Bertz CT molecular complexity index is 1370. The van der Waals surface area contributed by atoms with Gasteiger partial charge in [0.05, 0.1) is 17.0 Å². The van der Waals surface area contributed by atoms with Crippen molar-refractivity contribution in [1.82, 2.24) is 10.2 Å². The number of para-hydroxylation sites is 1. The van der Waals surface area contributed by atoms with Crippen LogP contribution < -0.4 is 9.62 Å². The zero-order valence-corrected chi connectivity index (χ0v) is 25.3. The highest BCUT2D eigenvalue weighted by atomic mass is 79.9. The molecule has 2 atom stereocenters. The van der Waals surface area contributed by atoms with Gasteiger partial charge in [0.1, 0.15) is 12.6 Å². The van der Waals surface area contributed by atoms with Crippen LogP contribution in [-0.2, 0) is 32.6 Å². The number of benzene rings is 3. The number of sulfonamides is 1. The molecule has 0 bridgehead atoms. The van der Waals surface area contributed by atoms with Gasteiger partial charge in [0.15, 0.2) is 0 Å². The predicted octanol–water partition coefficient (Wildman–Crippen LogP) is 5.42. The molecule has 2 amide bonds. The van der Waals surface area contributed by atoms with Crippen LogP contribution in [0.2, 0.25) is 5.02 Å². The van der Waals surface area contributed by atoms with E-state index in [0.29, 0.717) is 0 Å². The van der Waals surface area contributed by atoms with Crippen LogP contribution >= 0.6 is 27.5 Å². The van der Waals surface area contributed by atoms with Crippen LogP contribution in [0, 0.1) is 0 Å². The number of hydrogen-bond donors (Lipinski definition) is 1. The predicted molar refractivity (Wildman–Crippen MR) is 160 cm³/mol. The van der Waals surface area contributed by atoms with Crippen LogP contribution in [0.3, 0.4) is 0 Å². The maximum atomic E-state index is 14.0. The van der Waals surface area contributed by atoms with Gasteiger partial charge in [-0.15, -0.1) is 0 Å². The van der Waals surface area contributed by atoms with Crippen LogP contribution in [0.25, 0.3) is 0 Å². The van der Waals surface area contributed by atoms with Gasteiger partial charge < -0.3 is 10.2 Å². The van der Waals surface area contributed by atoms with Crippen LogP contribution in [0.5, 0.6) is 0 Å². The lowest BCUT2D eigenvalue weighted by atomic mass is 10.0. The summed E-state index contributed by atoms with van der Waals surface area (Å²) in [5, 5.41) is 3.21. The molecule has 0 radical (unpaired) electrons. The van der Waals surface area contributed by atoms with Crippen molar-refractivity contribution in [2.24, 2.45) is 0 Å². The summed E-state index contributed by atoms with van der Waals surface area (Å²) >= 11 is 9.76.